The summed E-state index contributed by atoms with van der Waals surface area (Å²) >= 11 is 0. The highest BCUT2D eigenvalue weighted by Crippen LogP contribution is 2.10. The van der Waals surface area contributed by atoms with E-state index in [4.69, 9.17) is 15.9 Å². The Morgan fingerprint density at radius 1 is 1.67 bits per heavy atom. The van der Waals surface area contributed by atoms with Gasteiger partial charge in [-0.25, -0.2) is 0 Å². The van der Waals surface area contributed by atoms with Crippen LogP contribution in [0.5, 0.6) is 0 Å². The fraction of sp³-hybridized carbons (Fsp3) is 0.800. The molecule has 1 rings (SSSR count). The van der Waals surface area contributed by atoms with Crippen LogP contribution in [-0.2, 0) is 4.74 Å². The summed E-state index contributed by atoms with van der Waals surface area (Å²) in [7, 11) is 0. The highest BCUT2D eigenvalue weighted by molar-refractivity contribution is 5.85. The van der Waals surface area contributed by atoms with Crippen molar-refractivity contribution >= 4 is 18.2 Å². The van der Waals surface area contributed by atoms with Gasteiger partial charge in [0.15, 0.2) is 0 Å². The van der Waals surface area contributed by atoms with Crippen molar-refractivity contribution in [3.05, 3.63) is 0 Å². The molecule has 1 atom stereocenters. The second-order valence-corrected chi connectivity index (χ2v) is 2.02. The first kappa shape index (κ1) is 8.72. The van der Waals surface area contributed by atoms with Gasteiger partial charge in [0.05, 0.1) is 12.4 Å². The lowest BCUT2D eigenvalue weighted by Crippen LogP contribution is -2.21. The summed E-state index contributed by atoms with van der Waals surface area (Å²) in [5.41, 5.74) is 5.20. The first-order valence-electron chi connectivity index (χ1n) is 2.72. The summed E-state index contributed by atoms with van der Waals surface area (Å²) in [5.74, 6) is 0.470. The highest BCUT2D eigenvalue weighted by atomic mass is 35.5. The Hall–Kier alpha value is -0.280. The molecule has 0 aromatic rings. The van der Waals surface area contributed by atoms with E-state index in [0.29, 0.717) is 6.61 Å². The van der Waals surface area contributed by atoms with E-state index in [0.717, 1.165) is 13.0 Å². The molecule has 0 amide bonds. The number of rotatable bonds is 1. The van der Waals surface area contributed by atoms with Gasteiger partial charge in [-0.05, 0) is 6.42 Å². The van der Waals surface area contributed by atoms with Crippen LogP contribution in [0.3, 0.4) is 0 Å². The van der Waals surface area contributed by atoms with E-state index >= 15 is 0 Å². The molecule has 0 bridgehead atoms. The van der Waals surface area contributed by atoms with Crippen LogP contribution in [0.4, 0.5) is 0 Å². The second-order valence-electron chi connectivity index (χ2n) is 2.02. The van der Waals surface area contributed by atoms with Gasteiger partial charge >= 0.3 is 0 Å². The van der Waals surface area contributed by atoms with E-state index in [1.807, 2.05) is 0 Å². The molecule has 1 aliphatic heterocycles. The van der Waals surface area contributed by atoms with E-state index in [2.05, 4.69) is 0 Å². The lowest BCUT2D eigenvalue weighted by atomic mass is 10.1. The molecule has 4 heteroatoms. The monoisotopic (exact) mass is 150 g/mol. The molecule has 3 N–H and O–H groups in total. The van der Waals surface area contributed by atoms with Crippen LogP contribution < -0.4 is 5.73 Å². The van der Waals surface area contributed by atoms with Crippen molar-refractivity contribution in [1.82, 2.24) is 0 Å². The number of nitrogens with two attached hydrogens (primary N) is 1. The summed E-state index contributed by atoms with van der Waals surface area (Å²) in [6.45, 7) is 1.42. The Bertz CT molecular complexity index is 101. The Kier molecular flexibility index (Phi) is 3.58. The number of hydrogen-bond donors (Lipinski definition) is 2. The molecule has 54 valence electrons. The van der Waals surface area contributed by atoms with Crippen LogP contribution in [0.1, 0.15) is 6.42 Å². The van der Waals surface area contributed by atoms with Gasteiger partial charge in [0.25, 0.3) is 0 Å². The third-order valence-electron chi connectivity index (χ3n) is 1.37. The highest BCUT2D eigenvalue weighted by Gasteiger charge is 2.17. The maximum absolute atomic E-state index is 6.99. The van der Waals surface area contributed by atoms with Crippen molar-refractivity contribution in [3.8, 4) is 0 Å². The summed E-state index contributed by atoms with van der Waals surface area (Å²) in [4.78, 5) is 0. The normalized spacial score (nSPS) is 25.1. The molecule has 0 aromatic carbocycles. The molecule has 1 aliphatic rings. The number of halogens is 1. The van der Waals surface area contributed by atoms with Crippen molar-refractivity contribution in [2.24, 2.45) is 11.7 Å². The van der Waals surface area contributed by atoms with Gasteiger partial charge in [0.1, 0.15) is 0 Å². The van der Waals surface area contributed by atoms with Crippen LogP contribution >= 0.6 is 12.4 Å². The van der Waals surface area contributed by atoms with Crippen molar-refractivity contribution in [1.29, 1.82) is 5.41 Å². The number of hydrogen-bond acceptors (Lipinski definition) is 2. The molecule has 1 saturated heterocycles. The van der Waals surface area contributed by atoms with Crippen molar-refractivity contribution < 1.29 is 4.74 Å². The average molecular weight is 151 g/mol. The predicted molar refractivity (Wildman–Crippen MR) is 38.1 cm³/mol. The molecule has 0 saturated carbocycles. The van der Waals surface area contributed by atoms with Crippen LogP contribution in [0.15, 0.2) is 0 Å². The zero-order chi connectivity index (χ0) is 5.98. The molecule has 9 heavy (non-hydrogen) atoms. The molecule has 3 nitrogen and oxygen atoms in total. The molecule has 1 unspecified atom stereocenters. The van der Waals surface area contributed by atoms with Crippen molar-refractivity contribution in [2.45, 2.75) is 6.42 Å². The third-order valence-corrected chi connectivity index (χ3v) is 1.37. The van der Waals surface area contributed by atoms with Gasteiger partial charge in [0.2, 0.25) is 0 Å². The third kappa shape index (κ3) is 2.20. The van der Waals surface area contributed by atoms with E-state index in [1.54, 1.807) is 0 Å². The van der Waals surface area contributed by atoms with Gasteiger partial charge in [-0.3, -0.25) is 5.41 Å². The Morgan fingerprint density at radius 2 is 2.33 bits per heavy atom. The molecule has 0 aromatic heterocycles. The molecule has 1 fully saturated rings. The molecule has 0 radical (unpaired) electrons. The summed E-state index contributed by atoms with van der Waals surface area (Å²) in [6.07, 6.45) is 0.926. The number of nitrogens with one attached hydrogen (secondary N) is 1. The van der Waals surface area contributed by atoms with Crippen LogP contribution in [0.2, 0.25) is 0 Å². The second kappa shape index (κ2) is 3.69. The standard InChI is InChI=1S/C5H10N2O.ClH/c6-5(7)4-1-2-8-3-4;/h4H,1-3H2,(H3,6,7);1H. The molecule has 1 heterocycles. The summed E-state index contributed by atoms with van der Waals surface area (Å²) in [6, 6.07) is 0. The Balaban J connectivity index is 0.000000640. The van der Waals surface area contributed by atoms with E-state index in [-0.39, 0.29) is 24.2 Å². The molecule has 0 aliphatic carbocycles. The van der Waals surface area contributed by atoms with Gasteiger partial charge in [-0.2, -0.15) is 0 Å². The van der Waals surface area contributed by atoms with E-state index in [1.165, 1.54) is 0 Å². The predicted octanol–water partition coefficient (Wildman–Crippen LogP) is 0.381. The minimum absolute atomic E-state index is 0. The smallest absolute Gasteiger partial charge is 0.0961 e. The molecular weight excluding hydrogens is 140 g/mol. The first-order chi connectivity index (χ1) is 3.80. The zero-order valence-electron chi connectivity index (χ0n) is 5.09. The maximum atomic E-state index is 6.99. The maximum Gasteiger partial charge on any atom is 0.0961 e. The van der Waals surface area contributed by atoms with Crippen LogP contribution in [0.25, 0.3) is 0 Å². The lowest BCUT2D eigenvalue weighted by molar-refractivity contribution is 0.193. The fourth-order valence-electron chi connectivity index (χ4n) is 0.780. The number of ether oxygens (including phenoxy) is 1. The van der Waals surface area contributed by atoms with Crippen LogP contribution in [-0.4, -0.2) is 19.0 Å². The first-order valence-corrected chi connectivity index (χ1v) is 2.72. The average Bonchev–Trinajstić information content (AvgIpc) is 2.12. The lowest BCUT2D eigenvalue weighted by Gasteiger charge is -2.00. The van der Waals surface area contributed by atoms with Gasteiger partial charge in [-0.15, -0.1) is 12.4 Å². The largest absolute Gasteiger partial charge is 0.387 e. The minimum Gasteiger partial charge on any atom is -0.387 e. The van der Waals surface area contributed by atoms with E-state index < -0.39 is 0 Å². The molecular formula is C5H11ClN2O. The summed E-state index contributed by atoms with van der Waals surface area (Å²) in [5, 5.41) is 6.99. The fourth-order valence-corrected chi connectivity index (χ4v) is 0.780. The van der Waals surface area contributed by atoms with Crippen LogP contribution in [0, 0.1) is 11.3 Å². The quantitative estimate of drug-likeness (QED) is 0.420. The number of amidine groups is 1. The SMILES string of the molecule is Cl.N=C(N)C1CCOC1. The van der Waals surface area contributed by atoms with Gasteiger partial charge < -0.3 is 10.5 Å². The van der Waals surface area contributed by atoms with Crippen molar-refractivity contribution in [3.63, 3.8) is 0 Å². The van der Waals surface area contributed by atoms with Gasteiger partial charge in [-0.1, -0.05) is 0 Å². The Labute approximate surface area is 60.5 Å². The Morgan fingerprint density at radius 3 is 2.56 bits per heavy atom. The zero-order valence-corrected chi connectivity index (χ0v) is 5.91. The summed E-state index contributed by atoms with van der Waals surface area (Å²) < 4.78 is 5.00. The van der Waals surface area contributed by atoms with E-state index in [9.17, 15) is 0 Å². The minimum atomic E-state index is 0. The topological polar surface area (TPSA) is 59.1 Å². The molecule has 0 spiro atoms. The van der Waals surface area contributed by atoms with Crippen molar-refractivity contribution in [2.75, 3.05) is 13.2 Å². The van der Waals surface area contributed by atoms with Gasteiger partial charge in [0, 0.05) is 12.5 Å².